The number of nitrogens with zero attached hydrogens (tertiary/aromatic N) is 5. The Morgan fingerprint density at radius 2 is 1.80 bits per heavy atom. The highest BCUT2D eigenvalue weighted by Crippen LogP contribution is 2.28. The normalized spacial score (nSPS) is 14.2. The first-order chi connectivity index (χ1) is 21.1. The first kappa shape index (κ1) is 31.6. The minimum atomic E-state index is -1.22. The van der Waals surface area contributed by atoms with Crippen molar-refractivity contribution in [1.82, 2.24) is 29.5 Å². The summed E-state index contributed by atoms with van der Waals surface area (Å²) >= 11 is 0. The highest BCUT2D eigenvalue weighted by Gasteiger charge is 2.18. The van der Waals surface area contributed by atoms with Crippen molar-refractivity contribution in [2.24, 2.45) is 7.05 Å². The van der Waals surface area contributed by atoms with Crippen molar-refractivity contribution in [2.75, 3.05) is 38.1 Å². The lowest BCUT2D eigenvalue weighted by atomic mass is 10.1. The number of hydrogen-bond donors (Lipinski definition) is 2. The lowest BCUT2D eigenvalue weighted by Crippen LogP contribution is -2.37. The number of likely N-dealkylation sites (tertiary alicyclic amines) is 1. The first-order valence-corrected chi connectivity index (χ1v) is 19.3. The van der Waals surface area contributed by atoms with Crippen LogP contribution in [0.3, 0.4) is 0 Å². The Morgan fingerprint density at radius 3 is 2.52 bits per heavy atom. The molecule has 5 rings (SSSR count). The van der Waals surface area contributed by atoms with Crippen molar-refractivity contribution < 1.29 is 14.3 Å². The number of aryl methyl sites for hydroxylation is 2. The molecule has 0 atom stereocenters. The highest BCUT2D eigenvalue weighted by atomic mass is 28.3. The Balaban J connectivity index is 1.30. The summed E-state index contributed by atoms with van der Waals surface area (Å²) in [4.78, 5) is 33.4. The van der Waals surface area contributed by atoms with Gasteiger partial charge in [0.25, 0.3) is 11.8 Å². The quantitative estimate of drug-likeness (QED) is 0.161. The second kappa shape index (κ2) is 13.9. The fraction of sp³-hybridized carbons (Fsp3) is 0.455. The molecule has 11 heteroatoms. The van der Waals surface area contributed by atoms with Gasteiger partial charge in [-0.05, 0) is 68.7 Å². The molecule has 1 saturated heterocycles. The van der Waals surface area contributed by atoms with Gasteiger partial charge in [-0.25, -0.2) is 4.98 Å². The maximum absolute atomic E-state index is 13.4. The summed E-state index contributed by atoms with van der Waals surface area (Å²) in [6, 6.07) is 10.3. The highest BCUT2D eigenvalue weighted by molar-refractivity contribution is 6.76. The second-order valence-electron chi connectivity index (χ2n) is 13.0. The van der Waals surface area contributed by atoms with E-state index in [0.717, 1.165) is 53.5 Å². The van der Waals surface area contributed by atoms with Crippen LogP contribution in [-0.4, -0.2) is 76.9 Å². The zero-order valence-corrected chi connectivity index (χ0v) is 27.7. The van der Waals surface area contributed by atoms with E-state index in [1.165, 1.54) is 19.3 Å². The molecular formula is C33H45N7O3Si. The lowest BCUT2D eigenvalue weighted by molar-refractivity contribution is 0.0909. The van der Waals surface area contributed by atoms with Crippen molar-refractivity contribution in [3.63, 3.8) is 0 Å². The van der Waals surface area contributed by atoms with Crippen molar-refractivity contribution in [3.05, 3.63) is 65.6 Å². The number of carbonyl (C=O) groups is 2. The van der Waals surface area contributed by atoms with Gasteiger partial charge < -0.3 is 24.8 Å². The lowest BCUT2D eigenvalue weighted by Gasteiger charge is -2.26. The predicted octanol–water partition coefficient (Wildman–Crippen LogP) is 5.53. The molecule has 3 aromatic heterocycles. The van der Waals surface area contributed by atoms with E-state index in [1.807, 2.05) is 49.1 Å². The van der Waals surface area contributed by atoms with Gasteiger partial charge >= 0.3 is 0 Å². The molecule has 0 radical (unpaired) electrons. The Kier molecular flexibility index (Phi) is 9.97. The van der Waals surface area contributed by atoms with Gasteiger partial charge in [-0.15, -0.1) is 0 Å². The topological polar surface area (TPSA) is 106 Å². The van der Waals surface area contributed by atoms with Crippen LogP contribution in [0.5, 0.6) is 0 Å². The third kappa shape index (κ3) is 8.02. The maximum atomic E-state index is 13.4. The molecule has 0 unspecified atom stereocenters. The first-order valence-electron chi connectivity index (χ1n) is 15.6. The fourth-order valence-electron chi connectivity index (χ4n) is 5.43. The fourth-order valence-corrected chi connectivity index (χ4v) is 6.19. The minimum Gasteiger partial charge on any atom is -0.361 e. The van der Waals surface area contributed by atoms with Crippen LogP contribution < -0.4 is 10.6 Å². The van der Waals surface area contributed by atoms with Crippen LogP contribution >= 0.6 is 0 Å². The zero-order chi connectivity index (χ0) is 31.3. The number of benzene rings is 1. The third-order valence-electron chi connectivity index (χ3n) is 8.12. The zero-order valence-electron chi connectivity index (χ0n) is 26.7. The van der Waals surface area contributed by atoms with Gasteiger partial charge in [-0.3, -0.25) is 14.3 Å². The number of anilines is 1. The van der Waals surface area contributed by atoms with E-state index in [2.05, 4.69) is 40.3 Å². The predicted molar refractivity (Wildman–Crippen MR) is 178 cm³/mol. The molecule has 234 valence electrons. The number of aromatic nitrogens is 4. The minimum absolute atomic E-state index is 0.142. The van der Waals surface area contributed by atoms with E-state index in [-0.39, 0.29) is 11.8 Å². The number of fused-ring (bicyclic) bond motifs is 1. The average Bonchev–Trinajstić information content (AvgIpc) is 3.59. The van der Waals surface area contributed by atoms with Crippen LogP contribution in [0.4, 0.5) is 5.69 Å². The van der Waals surface area contributed by atoms with Crippen LogP contribution in [0.2, 0.25) is 25.7 Å². The second-order valence-corrected chi connectivity index (χ2v) is 18.6. The van der Waals surface area contributed by atoms with Crippen LogP contribution in [0.25, 0.3) is 22.3 Å². The van der Waals surface area contributed by atoms with Crippen LogP contribution in [-0.2, 0) is 18.5 Å². The summed E-state index contributed by atoms with van der Waals surface area (Å²) in [6.07, 6.45) is 9.11. The molecule has 0 bridgehead atoms. The van der Waals surface area contributed by atoms with Crippen molar-refractivity contribution >= 4 is 36.6 Å². The van der Waals surface area contributed by atoms with Crippen molar-refractivity contribution in [2.45, 2.75) is 58.6 Å². The smallest absolute Gasteiger partial charge is 0.257 e. The molecule has 2 N–H and O–H groups in total. The molecule has 0 saturated carbocycles. The van der Waals surface area contributed by atoms with Gasteiger partial charge in [0.15, 0.2) is 0 Å². The summed E-state index contributed by atoms with van der Waals surface area (Å²) in [5, 5.41) is 11.2. The van der Waals surface area contributed by atoms with Gasteiger partial charge in [0, 0.05) is 69.4 Å². The number of rotatable bonds is 12. The van der Waals surface area contributed by atoms with E-state index < -0.39 is 8.07 Å². The van der Waals surface area contributed by atoms with Crippen LogP contribution in [0, 0.1) is 6.92 Å². The molecule has 0 spiro atoms. The van der Waals surface area contributed by atoms with Gasteiger partial charge in [-0.1, -0.05) is 32.1 Å². The van der Waals surface area contributed by atoms with E-state index in [9.17, 15) is 9.59 Å². The van der Waals surface area contributed by atoms with E-state index in [0.29, 0.717) is 36.7 Å². The molecular weight excluding hydrogens is 570 g/mol. The van der Waals surface area contributed by atoms with Gasteiger partial charge in [-0.2, -0.15) is 5.10 Å². The number of ether oxygens (including phenoxy) is 1. The SMILES string of the molecule is Cc1ccc(C(=O)NCCN2CCCCC2)cc1NC(=O)c1cnc2c(c1)cc(-c1cnn(C)c1)n2COCC[Si](C)(C)C. The monoisotopic (exact) mass is 615 g/mol. The van der Waals surface area contributed by atoms with Crippen LogP contribution in [0.1, 0.15) is 45.5 Å². The van der Waals surface area contributed by atoms with Gasteiger partial charge in [0.1, 0.15) is 12.4 Å². The molecule has 2 amide bonds. The molecule has 4 aromatic rings. The van der Waals surface area contributed by atoms with E-state index in [4.69, 9.17) is 9.72 Å². The summed E-state index contributed by atoms with van der Waals surface area (Å²) in [5.74, 6) is -0.427. The molecule has 0 aliphatic carbocycles. The van der Waals surface area contributed by atoms with E-state index in [1.54, 1.807) is 23.0 Å². The largest absolute Gasteiger partial charge is 0.361 e. The molecule has 1 aromatic carbocycles. The molecule has 1 fully saturated rings. The standard InChI is InChI=1S/C33H45N7O3Si/c1-24-9-10-25(32(41)34-11-14-39-12-7-6-8-13-39)18-29(24)37-33(42)27-17-26-19-30(28-21-36-38(2)22-28)40(31(26)35-20-27)23-43-15-16-44(3,4)5/h9-10,17-22H,6-8,11-16,23H2,1-5H3,(H,34,41)(H,37,42). The summed E-state index contributed by atoms with van der Waals surface area (Å²) in [7, 11) is 0.669. The van der Waals surface area contributed by atoms with Gasteiger partial charge in [0.2, 0.25) is 0 Å². The number of nitrogens with one attached hydrogen (secondary N) is 2. The summed E-state index contributed by atoms with van der Waals surface area (Å²) in [6.45, 7) is 13.6. The molecule has 4 heterocycles. The molecule has 10 nitrogen and oxygen atoms in total. The number of piperidine rings is 1. The Hall–Kier alpha value is -3.80. The molecule has 1 aliphatic rings. The number of amides is 2. The van der Waals surface area contributed by atoms with Crippen molar-refractivity contribution in [1.29, 1.82) is 0 Å². The molecule has 1 aliphatic heterocycles. The number of hydrogen-bond acceptors (Lipinski definition) is 6. The number of carbonyl (C=O) groups excluding carboxylic acids is 2. The Bertz CT molecular complexity index is 1620. The van der Waals surface area contributed by atoms with Crippen molar-refractivity contribution in [3.8, 4) is 11.3 Å². The van der Waals surface area contributed by atoms with Gasteiger partial charge in [0.05, 0.1) is 17.5 Å². The summed E-state index contributed by atoms with van der Waals surface area (Å²) in [5.41, 5.74) is 5.05. The number of pyridine rings is 1. The average molecular weight is 616 g/mol. The Labute approximate surface area is 260 Å². The van der Waals surface area contributed by atoms with E-state index >= 15 is 0 Å². The maximum Gasteiger partial charge on any atom is 0.257 e. The molecule has 44 heavy (non-hydrogen) atoms. The summed E-state index contributed by atoms with van der Waals surface area (Å²) < 4.78 is 9.91. The third-order valence-corrected chi connectivity index (χ3v) is 9.83. The Morgan fingerprint density at radius 1 is 1.00 bits per heavy atom. The van der Waals surface area contributed by atoms with Crippen LogP contribution in [0.15, 0.2) is 48.9 Å².